The summed E-state index contributed by atoms with van der Waals surface area (Å²) in [5, 5.41) is 13.3. The van der Waals surface area contributed by atoms with Crippen LogP contribution in [0.15, 0.2) is 48.9 Å². The maximum absolute atomic E-state index is 12.5. The number of carbonyl (C=O) groups excluding carboxylic acids is 1. The quantitative estimate of drug-likeness (QED) is 0.740. The monoisotopic (exact) mass is 375 g/mol. The fourth-order valence-electron chi connectivity index (χ4n) is 3.68. The van der Waals surface area contributed by atoms with Crippen molar-refractivity contribution in [3.05, 3.63) is 54.6 Å². The zero-order valence-electron chi connectivity index (χ0n) is 15.4. The van der Waals surface area contributed by atoms with Gasteiger partial charge in [-0.1, -0.05) is 18.2 Å². The molecule has 7 heteroatoms. The second-order valence-corrected chi connectivity index (χ2v) is 6.98. The number of rotatable bonds is 5. The van der Waals surface area contributed by atoms with Gasteiger partial charge in [0.2, 0.25) is 11.6 Å². The highest BCUT2D eigenvalue weighted by atomic mass is 16.5. The number of hydrogen-bond donors (Lipinski definition) is 1. The fraction of sp³-hybridized carbons (Fsp3) is 0.333. The lowest BCUT2D eigenvalue weighted by Gasteiger charge is -2.29. The zero-order chi connectivity index (χ0) is 19.3. The predicted molar refractivity (Wildman–Crippen MR) is 103 cm³/mol. The molecule has 0 unspecified atom stereocenters. The van der Waals surface area contributed by atoms with E-state index in [0.29, 0.717) is 6.54 Å². The molecule has 1 fully saturated rings. The largest absolute Gasteiger partial charge is 0.472 e. The van der Waals surface area contributed by atoms with Crippen molar-refractivity contribution in [3.8, 4) is 11.9 Å². The van der Waals surface area contributed by atoms with Gasteiger partial charge in [0.05, 0.1) is 0 Å². The molecule has 0 atom stereocenters. The van der Waals surface area contributed by atoms with Crippen molar-refractivity contribution in [2.24, 2.45) is 0 Å². The van der Waals surface area contributed by atoms with Gasteiger partial charge in [-0.2, -0.15) is 5.26 Å². The molecule has 0 bridgehead atoms. The number of para-hydroxylation sites is 1. The first-order valence-corrected chi connectivity index (χ1v) is 9.44. The zero-order valence-corrected chi connectivity index (χ0v) is 15.4. The van der Waals surface area contributed by atoms with Crippen LogP contribution >= 0.6 is 0 Å². The minimum absolute atomic E-state index is 0.00894. The summed E-state index contributed by atoms with van der Waals surface area (Å²) < 4.78 is 7.82. The molecule has 7 nitrogen and oxygen atoms in total. The lowest BCUT2D eigenvalue weighted by Crippen LogP contribution is -2.41. The third-order valence-electron chi connectivity index (χ3n) is 5.08. The number of hydrogen-bond acceptors (Lipinski definition) is 5. The van der Waals surface area contributed by atoms with Crippen molar-refractivity contribution >= 4 is 16.8 Å². The Hall–Kier alpha value is -3.40. The van der Waals surface area contributed by atoms with Gasteiger partial charge in [-0.3, -0.25) is 4.79 Å². The summed E-state index contributed by atoms with van der Waals surface area (Å²) in [5.41, 5.74) is 1.27. The first-order chi connectivity index (χ1) is 13.7. The molecule has 2 aromatic heterocycles. The number of nitriles is 1. The lowest BCUT2D eigenvalue weighted by atomic mass is 9.93. The maximum Gasteiger partial charge on any atom is 0.251 e. The highest BCUT2D eigenvalue weighted by Gasteiger charge is 2.25. The van der Waals surface area contributed by atoms with Crippen molar-refractivity contribution < 1.29 is 9.53 Å². The molecule has 4 rings (SSSR count). The van der Waals surface area contributed by atoms with Gasteiger partial charge in [-0.25, -0.2) is 9.97 Å². The molecule has 1 N–H and O–H groups in total. The number of aromatic nitrogens is 3. The van der Waals surface area contributed by atoms with Gasteiger partial charge in [0, 0.05) is 30.1 Å². The number of amides is 1. The van der Waals surface area contributed by atoms with Crippen LogP contribution in [0.1, 0.15) is 31.4 Å². The van der Waals surface area contributed by atoms with E-state index in [1.165, 1.54) is 12.4 Å². The smallest absolute Gasteiger partial charge is 0.251 e. The van der Waals surface area contributed by atoms with Crippen LogP contribution < -0.4 is 10.1 Å². The molecule has 1 aromatic carbocycles. The van der Waals surface area contributed by atoms with Gasteiger partial charge < -0.3 is 14.6 Å². The number of carbonyl (C=O) groups is 1. The number of benzene rings is 1. The van der Waals surface area contributed by atoms with E-state index in [-0.39, 0.29) is 29.6 Å². The van der Waals surface area contributed by atoms with Crippen molar-refractivity contribution in [1.82, 2.24) is 19.9 Å². The molecule has 1 aliphatic carbocycles. The Labute approximate surface area is 163 Å². The van der Waals surface area contributed by atoms with Crippen LogP contribution in [0.3, 0.4) is 0 Å². The van der Waals surface area contributed by atoms with Gasteiger partial charge in [0.1, 0.15) is 18.7 Å². The van der Waals surface area contributed by atoms with E-state index in [0.717, 1.165) is 36.6 Å². The second kappa shape index (κ2) is 8.09. The van der Waals surface area contributed by atoms with Gasteiger partial charge >= 0.3 is 0 Å². The summed E-state index contributed by atoms with van der Waals surface area (Å²) in [6, 6.07) is 12.2. The van der Waals surface area contributed by atoms with Gasteiger partial charge in [-0.15, -0.1) is 0 Å². The van der Waals surface area contributed by atoms with Crippen LogP contribution in [0, 0.1) is 11.3 Å². The van der Waals surface area contributed by atoms with Crippen molar-refractivity contribution in [3.63, 3.8) is 0 Å². The first kappa shape index (κ1) is 18.0. The van der Waals surface area contributed by atoms with Crippen LogP contribution in [0.2, 0.25) is 0 Å². The number of nitrogens with zero attached hydrogens (tertiary/aromatic N) is 4. The van der Waals surface area contributed by atoms with Crippen molar-refractivity contribution in [2.75, 3.05) is 0 Å². The Morgan fingerprint density at radius 3 is 2.79 bits per heavy atom. The SMILES string of the molecule is N#Cc1nccnc1OC1CCC(NC(=O)Cn2ccc3ccccc32)CC1. The van der Waals surface area contributed by atoms with Crippen molar-refractivity contribution in [2.45, 2.75) is 44.4 Å². The van der Waals surface area contributed by atoms with E-state index < -0.39 is 0 Å². The fourth-order valence-corrected chi connectivity index (χ4v) is 3.68. The number of ether oxygens (including phenoxy) is 1. The topological polar surface area (TPSA) is 92.8 Å². The molecule has 0 spiro atoms. The molecule has 1 aliphatic rings. The molecule has 142 valence electrons. The standard InChI is InChI=1S/C21H21N5O2/c22-13-18-21(24-11-10-23-18)28-17-7-5-16(6-8-17)25-20(27)14-26-12-9-15-3-1-2-4-19(15)26/h1-4,9-12,16-17H,5-8,14H2,(H,25,27). The van der Waals surface area contributed by atoms with Crippen molar-refractivity contribution in [1.29, 1.82) is 5.26 Å². The average molecular weight is 375 g/mol. The second-order valence-electron chi connectivity index (χ2n) is 6.98. The maximum atomic E-state index is 12.5. The van der Waals surface area contributed by atoms with Crippen LogP contribution in [0.25, 0.3) is 10.9 Å². The highest BCUT2D eigenvalue weighted by molar-refractivity contribution is 5.83. The molecule has 0 saturated heterocycles. The normalized spacial score (nSPS) is 19.1. The summed E-state index contributed by atoms with van der Waals surface area (Å²) in [4.78, 5) is 20.5. The van der Waals surface area contributed by atoms with Crippen LogP contribution in [0.4, 0.5) is 0 Å². The number of nitrogens with one attached hydrogen (secondary N) is 1. The molecule has 0 aliphatic heterocycles. The molecular formula is C21H21N5O2. The van der Waals surface area contributed by atoms with E-state index in [2.05, 4.69) is 15.3 Å². The molecule has 1 amide bonds. The molecule has 28 heavy (non-hydrogen) atoms. The van der Waals surface area contributed by atoms with E-state index in [1.807, 2.05) is 47.2 Å². The summed E-state index contributed by atoms with van der Waals surface area (Å²) >= 11 is 0. The van der Waals surface area contributed by atoms with E-state index in [4.69, 9.17) is 10.00 Å². The van der Waals surface area contributed by atoms with Gasteiger partial charge in [0.15, 0.2) is 0 Å². The summed E-state index contributed by atoms with van der Waals surface area (Å²) in [6.45, 7) is 0.315. The molecule has 1 saturated carbocycles. The molecule has 2 heterocycles. The third-order valence-corrected chi connectivity index (χ3v) is 5.08. The molecule has 0 radical (unpaired) electrons. The molecule has 3 aromatic rings. The highest BCUT2D eigenvalue weighted by Crippen LogP contribution is 2.24. The van der Waals surface area contributed by atoms with E-state index in [1.54, 1.807) is 0 Å². The average Bonchev–Trinajstić information content (AvgIpc) is 3.13. The summed E-state index contributed by atoms with van der Waals surface area (Å²) in [5.74, 6) is 0.309. The minimum atomic E-state index is -0.00894. The predicted octanol–water partition coefficient (Wildman–Crippen LogP) is 2.81. The van der Waals surface area contributed by atoms with Gasteiger partial charge in [0.25, 0.3) is 5.88 Å². The Kier molecular flexibility index (Phi) is 5.20. The molecular weight excluding hydrogens is 354 g/mol. The van der Waals surface area contributed by atoms with Crippen LogP contribution in [0.5, 0.6) is 5.88 Å². The minimum Gasteiger partial charge on any atom is -0.472 e. The Balaban J connectivity index is 1.28. The third kappa shape index (κ3) is 3.96. The Morgan fingerprint density at radius 1 is 1.18 bits per heavy atom. The van der Waals surface area contributed by atoms with E-state index >= 15 is 0 Å². The lowest BCUT2D eigenvalue weighted by molar-refractivity contribution is -0.122. The van der Waals surface area contributed by atoms with E-state index in [9.17, 15) is 4.79 Å². The van der Waals surface area contributed by atoms with Gasteiger partial charge in [-0.05, 0) is 43.2 Å². The Morgan fingerprint density at radius 2 is 1.96 bits per heavy atom. The summed E-state index contributed by atoms with van der Waals surface area (Å²) in [7, 11) is 0. The summed E-state index contributed by atoms with van der Waals surface area (Å²) in [6.07, 6.45) is 8.22. The van der Waals surface area contributed by atoms with Crippen LogP contribution in [-0.2, 0) is 11.3 Å². The first-order valence-electron chi connectivity index (χ1n) is 9.44. The van der Waals surface area contributed by atoms with Crippen LogP contribution in [-0.4, -0.2) is 32.6 Å². The number of fused-ring (bicyclic) bond motifs is 1. The Bertz CT molecular complexity index is 1010.